The van der Waals surface area contributed by atoms with Crippen LogP contribution in [0, 0.1) is 12.3 Å². The molecule has 0 radical (unpaired) electrons. The highest BCUT2D eigenvalue weighted by Gasteiger charge is 2.10. The third-order valence-electron chi connectivity index (χ3n) is 2.40. The van der Waals surface area contributed by atoms with Crippen LogP contribution in [-0.4, -0.2) is 10.8 Å². The van der Waals surface area contributed by atoms with E-state index in [1.807, 2.05) is 25.1 Å². The number of rotatable bonds is 3. The molecule has 1 aromatic carbocycles. The topological polar surface area (TPSA) is 72.0 Å². The Balaban J connectivity index is 2.40. The normalized spacial score (nSPS) is 10.1. The molecule has 4 nitrogen and oxygen atoms in total. The van der Waals surface area contributed by atoms with Gasteiger partial charge in [-0.05, 0) is 36.8 Å². The first-order valence-electron chi connectivity index (χ1n) is 5.31. The lowest BCUT2D eigenvalue weighted by molar-refractivity contribution is 0.475. The SMILES string of the molecule is Cc1ccc(Br)cc1Oc1cccnc1C(=N)N. The molecule has 0 bridgehead atoms. The molecule has 92 valence electrons. The molecular weight excluding hydrogens is 294 g/mol. The summed E-state index contributed by atoms with van der Waals surface area (Å²) in [5, 5.41) is 7.46. The summed E-state index contributed by atoms with van der Waals surface area (Å²) in [7, 11) is 0. The lowest BCUT2D eigenvalue weighted by atomic mass is 10.2. The van der Waals surface area contributed by atoms with Gasteiger partial charge in [-0.15, -0.1) is 0 Å². The minimum absolute atomic E-state index is 0.113. The molecule has 1 heterocycles. The molecule has 0 aliphatic carbocycles. The zero-order valence-corrected chi connectivity index (χ0v) is 11.4. The molecule has 0 spiro atoms. The van der Waals surface area contributed by atoms with Crippen LogP contribution in [0.3, 0.4) is 0 Å². The third-order valence-corrected chi connectivity index (χ3v) is 2.89. The lowest BCUT2D eigenvalue weighted by Gasteiger charge is -2.11. The van der Waals surface area contributed by atoms with Crippen molar-refractivity contribution in [1.29, 1.82) is 5.41 Å². The number of ether oxygens (including phenoxy) is 1. The number of hydrogen-bond acceptors (Lipinski definition) is 3. The Morgan fingerprint density at radius 1 is 1.33 bits per heavy atom. The summed E-state index contributed by atoms with van der Waals surface area (Å²) in [6.45, 7) is 1.95. The molecule has 0 fully saturated rings. The van der Waals surface area contributed by atoms with Crippen molar-refractivity contribution >= 4 is 21.8 Å². The summed E-state index contributed by atoms with van der Waals surface area (Å²) in [4.78, 5) is 4.04. The maximum atomic E-state index is 7.46. The lowest BCUT2D eigenvalue weighted by Crippen LogP contribution is -2.14. The van der Waals surface area contributed by atoms with Gasteiger partial charge in [0.1, 0.15) is 17.3 Å². The molecule has 0 atom stereocenters. The van der Waals surface area contributed by atoms with E-state index in [1.165, 1.54) is 0 Å². The van der Waals surface area contributed by atoms with Gasteiger partial charge < -0.3 is 10.5 Å². The number of pyridine rings is 1. The van der Waals surface area contributed by atoms with Crippen molar-refractivity contribution in [3.8, 4) is 11.5 Å². The molecule has 0 saturated carbocycles. The number of nitrogens with one attached hydrogen (secondary N) is 1. The van der Waals surface area contributed by atoms with Gasteiger partial charge in [0.05, 0.1) is 0 Å². The van der Waals surface area contributed by atoms with Crippen molar-refractivity contribution in [3.63, 3.8) is 0 Å². The Bertz CT molecular complexity index is 599. The van der Waals surface area contributed by atoms with E-state index in [0.29, 0.717) is 17.2 Å². The molecule has 0 aliphatic rings. The molecule has 0 aliphatic heterocycles. The summed E-state index contributed by atoms with van der Waals surface area (Å²) in [5.41, 5.74) is 6.81. The number of nitrogen functional groups attached to an aromatic ring is 1. The van der Waals surface area contributed by atoms with Crippen LogP contribution in [0.2, 0.25) is 0 Å². The fourth-order valence-corrected chi connectivity index (χ4v) is 1.82. The minimum atomic E-state index is -0.113. The third kappa shape index (κ3) is 2.68. The number of nitrogens with zero attached hydrogens (tertiary/aromatic N) is 1. The van der Waals surface area contributed by atoms with Crippen molar-refractivity contribution in [1.82, 2.24) is 4.98 Å². The first-order chi connectivity index (χ1) is 8.58. The van der Waals surface area contributed by atoms with E-state index < -0.39 is 0 Å². The molecule has 3 N–H and O–H groups in total. The smallest absolute Gasteiger partial charge is 0.156 e. The molecule has 2 rings (SSSR count). The predicted octanol–water partition coefficient (Wildman–Crippen LogP) is 3.23. The van der Waals surface area contributed by atoms with Crippen LogP contribution in [0.15, 0.2) is 41.0 Å². The number of hydrogen-bond donors (Lipinski definition) is 2. The van der Waals surface area contributed by atoms with E-state index in [0.717, 1.165) is 10.0 Å². The first-order valence-corrected chi connectivity index (χ1v) is 6.10. The fourth-order valence-electron chi connectivity index (χ4n) is 1.48. The molecule has 1 aromatic heterocycles. The Hall–Kier alpha value is -1.88. The molecule has 0 amide bonds. The molecule has 18 heavy (non-hydrogen) atoms. The quantitative estimate of drug-likeness (QED) is 0.675. The Kier molecular flexibility index (Phi) is 3.62. The zero-order valence-electron chi connectivity index (χ0n) is 9.77. The zero-order chi connectivity index (χ0) is 13.1. The van der Waals surface area contributed by atoms with Crippen LogP contribution in [0.4, 0.5) is 0 Å². The van der Waals surface area contributed by atoms with Gasteiger partial charge in [-0.1, -0.05) is 22.0 Å². The van der Waals surface area contributed by atoms with E-state index >= 15 is 0 Å². The van der Waals surface area contributed by atoms with Crippen LogP contribution >= 0.6 is 15.9 Å². The van der Waals surface area contributed by atoms with E-state index in [-0.39, 0.29) is 5.84 Å². The second-order valence-electron chi connectivity index (χ2n) is 3.78. The molecule has 2 aromatic rings. The molecule has 0 unspecified atom stereocenters. The number of aryl methyl sites for hydroxylation is 1. The average Bonchev–Trinajstić information content (AvgIpc) is 2.34. The van der Waals surface area contributed by atoms with Crippen molar-refractivity contribution in [2.75, 3.05) is 0 Å². The van der Waals surface area contributed by atoms with E-state index in [9.17, 15) is 0 Å². The van der Waals surface area contributed by atoms with E-state index in [1.54, 1.807) is 18.3 Å². The Labute approximate surface area is 113 Å². The number of benzene rings is 1. The maximum absolute atomic E-state index is 7.46. The minimum Gasteiger partial charge on any atom is -0.455 e. The predicted molar refractivity (Wildman–Crippen MR) is 74.2 cm³/mol. The second-order valence-corrected chi connectivity index (χ2v) is 4.69. The van der Waals surface area contributed by atoms with Gasteiger partial charge in [0.2, 0.25) is 0 Å². The van der Waals surface area contributed by atoms with Crippen LogP contribution in [-0.2, 0) is 0 Å². The summed E-state index contributed by atoms with van der Waals surface area (Å²) in [6, 6.07) is 9.24. The average molecular weight is 306 g/mol. The highest BCUT2D eigenvalue weighted by molar-refractivity contribution is 9.10. The highest BCUT2D eigenvalue weighted by atomic mass is 79.9. The summed E-state index contributed by atoms with van der Waals surface area (Å²) in [5.74, 6) is 1.07. The largest absolute Gasteiger partial charge is 0.455 e. The number of amidine groups is 1. The molecule has 0 saturated heterocycles. The molecule has 5 heteroatoms. The Morgan fingerprint density at radius 3 is 2.83 bits per heavy atom. The van der Waals surface area contributed by atoms with E-state index in [4.69, 9.17) is 15.9 Å². The van der Waals surface area contributed by atoms with Gasteiger partial charge in [0, 0.05) is 10.7 Å². The van der Waals surface area contributed by atoms with Gasteiger partial charge in [-0.2, -0.15) is 0 Å². The van der Waals surface area contributed by atoms with Crippen LogP contribution < -0.4 is 10.5 Å². The maximum Gasteiger partial charge on any atom is 0.156 e. The number of aromatic nitrogens is 1. The highest BCUT2D eigenvalue weighted by Crippen LogP contribution is 2.29. The standard InChI is InChI=1S/C13H12BrN3O/c1-8-4-5-9(14)7-11(8)18-10-3-2-6-17-12(10)13(15)16/h2-7H,1H3,(H3,15,16). The first kappa shape index (κ1) is 12.6. The number of halogens is 1. The van der Waals surface area contributed by atoms with Crippen LogP contribution in [0.1, 0.15) is 11.3 Å². The van der Waals surface area contributed by atoms with Gasteiger partial charge in [0.25, 0.3) is 0 Å². The van der Waals surface area contributed by atoms with Crippen molar-refractivity contribution in [2.24, 2.45) is 5.73 Å². The van der Waals surface area contributed by atoms with Gasteiger partial charge in [-0.3, -0.25) is 5.41 Å². The van der Waals surface area contributed by atoms with Crippen molar-refractivity contribution in [3.05, 3.63) is 52.3 Å². The van der Waals surface area contributed by atoms with Crippen molar-refractivity contribution in [2.45, 2.75) is 6.92 Å². The van der Waals surface area contributed by atoms with E-state index in [2.05, 4.69) is 20.9 Å². The summed E-state index contributed by atoms with van der Waals surface area (Å²) < 4.78 is 6.70. The summed E-state index contributed by atoms with van der Waals surface area (Å²) >= 11 is 3.39. The van der Waals surface area contributed by atoms with Crippen molar-refractivity contribution < 1.29 is 4.74 Å². The summed E-state index contributed by atoms with van der Waals surface area (Å²) in [6.07, 6.45) is 1.58. The van der Waals surface area contributed by atoms with Gasteiger partial charge >= 0.3 is 0 Å². The van der Waals surface area contributed by atoms with Crippen LogP contribution in [0.25, 0.3) is 0 Å². The fraction of sp³-hybridized carbons (Fsp3) is 0.0769. The van der Waals surface area contributed by atoms with Crippen LogP contribution in [0.5, 0.6) is 11.5 Å². The monoisotopic (exact) mass is 305 g/mol. The molecular formula is C13H12BrN3O. The number of nitrogens with two attached hydrogens (primary N) is 1. The van der Waals surface area contributed by atoms with Gasteiger partial charge in [0.15, 0.2) is 5.75 Å². The Morgan fingerprint density at radius 2 is 2.11 bits per heavy atom. The van der Waals surface area contributed by atoms with Gasteiger partial charge in [-0.25, -0.2) is 4.98 Å². The second kappa shape index (κ2) is 5.18.